The minimum absolute atomic E-state index is 0.163. The van der Waals surface area contributed by atoms with E-state index in [0.717, 1.165) is 24.1 Å². The first-order chi connectivity index (χ1) is 11.8. The highest BCUT2D eigenvalue weighted by Gasteiger charge is 2.34. The highest BCUT2D eigenvalue weighted by molar-refractivity contribution is 5.76. The molecular formula is C19H24N4O. The Morgan fingerprint density at radius 2 is 2.00 bits per heavy atom. The van der Waals surface area contributed by atoms with Crippen LogP contribution in [0, 0.1) is 5.92 Å². The van der Waals surface area contributed by atoms with Gasteiger partial charge in [-0.3, -0.25) is 4.79 Å². The van der Waals surface area contributed by atoms with Crippen molar-refractivity contribution in [3.05, 3.63) is 48.3 Å². The molecule has 3 heterocycles. The predicted molar refractivity (Wildman–Crippen MR) is 92.7 cm³/mol. The number of amides is 1. The van der Waals surface area contributed by atoms with Gasteiger partial charge in [0.2, 0.25) is 5.91 Å². The molecule has 0 aliphatic carbocycles. The molecule has 2 unspecified atom stereocenters. The van der Waals surface area contributed by atoms with Crippen molar-refractivity contribution in [1.82, 2.24) is 20.4 Å². The fourth-order valence-corrected chi connectivity index (χ4v) is 4.17. The molecule has 2 saturated heterocycles. The highest BCUT2D eigenvalue weighted by Crippen LogP contribution is 2.32. The molecular weight excluding hydrogens is 300 g/mol. The Labute approximate surface area is 142 Å². The second-order valence-electron chi connectivity index (χ2n) is 7.04. The zero-order chi connectivity index (χ0) is 16.4. The number of rotatable bonds is 5. The van der Waals surface area contributed by atoms with Gasteiger partial charge in [0.15, 0.2) is 0 Å². The number of para-hydroxylation sites is 1. The van der Waals surface area contributed by atoms with Crippen molar-refractivity contribution in [1.29, 1.82) is 0 Å². The third kappa shape index (κ3) is 3.36. The van der Waals surface area contributed by atoms with Crippen LogP contribution in [-0.2, 0) is 11.3 Å². The van der Waals surface area contributed by atoms with Crippen molar-refractivity contribution in [3.8, 4) is 5.69 Å². The summed E-state index contributed by atoms with van der Waals surface area (Å²) in [7, 11) is 0. The molecule has 5 nitrogen and oxygen atoms in total. The van der Waals surface area contributed by atoms with Crippen LogP contribution >= 0.6 is 0 Å². The molecule has 2 fully saturated rings. The molecule has 0 spiro atoms. The fourth-order valence-electron chi connectivity index (χ4n) is 4.17. The second kappa shape index (κ2) is 6.77. The van der Waals surface area contributed by atoms with E-state index in [1.807, 2.05) is 41.2 Å². The molecule has 1 aromatic heterocycles. The number of carbonyl (C=O) groups is 1. The molecule has 0 saturated carbocycles. The lowest BCUT2D eigenvalue weighted by molar-refractivity contribution is -0.122. The molecule has 2 atom stereocenters. The van der Waals surface area contributed by atoms with Crippen LogP contribution in [-0.4, -0.2) is 27.8 Å². The van der Waals surface area contributed by atoms with Gasteiger partial charge < -0.3 is 10.6 Å². The molecule has 0 radical (unpaired) electrons. The summed E-state index contributed by atoms with van der Waals surface area (Å²) in [6, 6.07) is 11.2. The van der Waals surface area contributed by atoms with Gasteiger partial charge in [-0.25, -0.2) is 4.68 Å². The van der Waals surface area contributed by atoms with Gasteiger partial charge in [0, 0.05) is 37.4 Å². The van der Waals surface area contributed by atoms with Gasteiger partial charge in [-0.15, -0.1) is 0 Å². The molecule has 1 aromatic carbocycles. The van der Waals surface area contributed by atoms with E-state index in [0.29, 0.717) is 31.0 Å². The van der Waals surface area contributed by atoms with Crippen LogP contribution in [0.25, 0.3) is 5.69 Å². The van der Waals surface area contributed by atoms with E-state index < -0.39 is 0 Å². The van der Waals surface area contributed by atoms with Crippen molar-refractivity contribution >= 4 is 5.91 Å². The summed E-state index contributed by atoms with van der Waals surface area (Å²) in [6.07, 6.45) is 9.19. The van der Waals surface area contributed by atoms with Crippen LogP contribution in [0.15, 0.2) is 42.7 Å². The van der Waals surface area contributed by atoms with Crippen LogP contribution < -0.4 is 10.6 Å². The van der Waals surface area contributed by atoms with Gasteiger partial charge in [-0.2, -0.15) is 5.10 Å². The summed E-state index contributed by atoms with van der Waals surface area (Å²) in [6.45, 7) is 0.548. The highest BCUT2D eigenvalue weighted by atomic mass is 16.1. The number of piperidine rings is 1. The Morgan fingerprint density at radius 1 is 1.21 bits per heavy atom. The van der Waals surface area contributed by atoms with Crippen LogP contribution in [0.5, 0.6) is 0 Å². The number of carbonyl (C=O) groups excluding carboxylic acids is 1. The molecule has 2 aliphatic rings. The Hall–Kier alpha value is -2.14. The maximum absolute atomic E-state index is 12.4. The number of aromatic nitrogens is 2. The molecule has 1 amide bonds. The van der Waals surface area contributed by atoms with Crippen molar-refractivity contribution in [3.63, 3.8) is 0 Å². The average molecular weight is 324 g/mol. The van der Waals surface area contributed by atoms with Gasteiger partial charge in [0.1, 0.15) is 0 Å². The lowest BCUT2D eigenvalue weighted by Crippen LogP contribution is -2.39. The molecule has 2 bridgehead atoms. The van der Waals surface area contributed by atoms with Crippen LogP contribution in [0.2, 0.25) is 0 Å². The topological polar surface area (TPSA) is 59.0 Å². The fraction of sp³-hybridized carbons (Fsp3) is 0.474. The number of nitrogens with one attached hydrogen (secondary N) is 2. The van der Waals surface area contributed by atoms with Crippen LogP contribution in [0.4, 0.5) is 0 Å². The summed E-state index contributed by atoms with van der Waals surface area (Å²) in [5.41, 5.74) is 2.10. The molecule has 2 N–H and O–H groups in total. The average Bonchev–Trinajstić information content (AvgIpc) is 3.23. The Bertz CT molecular complexity index is 685. The van der Waals surface area contributed by atoms with Gasteiger partial charge in [-0.1, -0.05) is 18.2 Å². The zero-order valence-electron chi connectivity index (χ0n) is 13.8. The van der Waals surface area contributed by atoms with E-state index in [9.17, 15) is 4.79 Å². The molecule has 4 rings (SSSR count). The van der Waals surface area contributed by atoms with Crippen LogP contribution in [0.1, 0.15) is 37.7 Å². The molecule has 2 aliphatic heterocycles. The monoisotopic (exact) mass is 324 g/mol. The lowest BCUT2D eigenvalue weighted by Gasteiger charge is -2.28. The van der Waals surface area contributed by atoms with Crippen molar-refractivity contribution in [2.24, 2.45) is 5.92 Å². The number of fused-ring (bicyclic) bond motifs is 2. The number of benzene rings is 1. The maximum atomic E-state index is 12.4. The summed E-state index contributed by atoms with van der Waals surface area (Å²) in [5.74, 6) is 0.696. The Balaban J connectivity index is 1.34. The number of hydrogen-bond acceptors (Lipinski definition) is 3. The Morgan fingerprint density at radius 3 is 2.75 bits per heavy atom. The summed E-state index contributed by atoms with van der Waals surface area (Å²) < 4.78 is 1.84. The minimum Gasteiger partial charge on any atom is -0.352 e. The van der Waals surface area contributed by atoms with Crippen molar-refractivity contribution in [2.75, 3.05) is 0 Å². The molecule has 5 heteroatoms. The second-order valence-corrected chi connectivity index (χ2v) is 7.04. The van der Waals surface area contributed by atoms with Crippen molar-refractivity contribution in [2.45, 2.75) is 50.7 Å². The number of hydrogen-bond donors (Lipinski definition) is 2. The summed E-state index contributed by atoms with van der Waals surface area (Å²) in [4.78, 5) is 12.4. The molecule has 2 aromatic rings. The van der Waals surface area contributed by atoms with E-state index in [4.69, 9.17) is 0 Å². The quantitative estimate of drug-likeness (QED) is 0.888. The minimum atomic E-state index is 0.163. The van der Waals surface area contributed by atoms with Crippen molar-refractivity contribution < 1.29 is 4.79 Å². The zero-order valence-corrected chi connectivity index (χ0v) is 13.8. The first-order valence-electron chi connectivity index (χ1n) is 8.88. The van der Waals surface area contributed by atoms with E-state index in [1.54, 1.807) is 6.20 Å². The standard InChI is InChI=1S/C19H24N4O/c24-19(12-14-10-16-6-7-17(11-14)22-16)20-13-15-4-1-2-5-18(15)23-9-3-8-21-23/h1-5,8-9,14,16-17,22H,6-7,10-13H2,(H,20,24). The SMILES string of the molecule is O=C(CC1CC2CCC(C1)N2)NCc1ccccc1-n1cccn1. The van der Waals surface area contributed by atoms with E-state index in [1.165, 1.54) is 12.8 Å². The predicted octanol–water partition coefficient (Wildman–Crippen LogP) is 2.41. The van der Waals surface area contributed by atoms with Crippen LogP contribution in [0.3, 0.4) is 0 Å². The summed E-state index contributed by atoms with van der Waals surface area (Å²) in [5, 5.41) is 11.0. The largest absolute Gasteiger partial charge is 0.352 e. The number of nitrogens with zero attached hydrogens (tertiary/aromatic N) is 2. The first kappa shape index (κ1) is 15.4. The third-order valence-corrected chi connectivity index (χ3v) is 5.26. The first-order valence-corrected chi connectivity index (χ1v) is 8.88. The third-order valence-electron chi connectivity index (χ3n) is 5.26. The molecule has 24 heavy (non-hydrogen) atoms. The van der Waals surface area contributed by atoms with E-state index >= 15 is 0 Å². The Kier molecular flexibility index (Phi) is 4.34. The van der Waals surface area contributed by atoms with Gasteiger partial charge in [0.05, 0.1) is 5.69 Å². The van der Waals surface area contributed by atoms with Gasteiger partial charge in [0.25, 0.3) is 0 Å². The van der Waals surface area contributed by atoms with E-state index in [-0.39, 0.29) is 5.91 Å². The normalized spacial score (nSPS) is 25.6. The maximum Gasteiger partial charge on any atom is 0.220 e. The summed E-state index contributed by atoms with van der Waals surface area (Å²) >= 11 is 0. The van der Waals surface area contributed by atoms with E-state index in [2.05, 4.69) is 15.7 Å². The smallest absolute Gasteiger partial charge is 0.220 e. The van der Waals surface area contributed by atoms with Gasteiger partial charge in [-0.05, 0) is 49.3 Å². The lowest BCUT2D eigenvalue weighted by atomic mass is 9.89. The molecule has 126 valence electrons. The van der Waals surface area contributed by atoms with Gasteiger partial charge >= 0.3 is 0 Å².